The van der Waals surface area contributed by atoms with Gasteiger partial charge in [0.1, 0.15) is 11.5 Å². The molecule has 0 saturated carbocycles. The summed E-state index contributed by atoms with van der Waals surface area (Å²) < 4.78 is 12.0. The number of hydrogen-bond acceptors (Lipinski definition) is 5. The maximum Gasteiger partial charge on any atom is 0.152 e. The molecule has 0 spiro atoms. The molecule has 1 unspecified atom stereocenters. The minimum Gasteiger partial charge on any atom is -0.494 e. The number of nitriles is 2. The van der Waals surface area contributed by atoms with Gasteiger partial charge in [0.15, 0.2) is 6.23 Å². The van der Waals surface area contributed by atoms with Gasteiger partial charge in [0.25, 0.3) is 0 Å². The van der Waals surface area contributed by atoms with Crippen molar-refractivity contribution in [1.82, 2.24) is 4.90 Å². The first-order valence-corrected chi connectivity index (χ1v) is 10.8. The Morgan fingerprint density at radius 1 is 1.00 bits per heavy atom. The zero-order valence-electron chi connectivity index (χ0n) is 17.6. The van der Waals surface area contributed by atoms with Gasteiger partial charge in [-0.3, -0.25) is 4.90 Å². The van der Waals surface area contributed by atoms with Crippen LogP contribution in [-0.4, -0.2) is 30.8 Å². The molecule has 3 rings (SSSR count). The standard InChI is InChI=1S/C25H29N3O2/c1-2-25(30-24-7-3-5-22(17-24)19-27)28-14-12-20(13-15-28)6-4-16-29-23-10-8-21(18-26)9-11-23/h3,5,7-11,17,20,25H,2,4,6,12-16H2,1H3. The monoisotopic (exact) mass is 403 g/mol. The van der Waals surface area contributed by atoms with Crippen molar-refractivity contribution in [3.8, 4) is 23.6 Å². The summed E-state index contributed by atoms with van der Waals surface area (Å²) in [5.41, 5.74) is 1.28. The highest BCUT2D eigenvalue weighted by Gasteiger charge is 2.25. The lowest BCUT2D eigenvalue weighted by Crippen LogP contribution is -2.44. The molecule has 156 valence electrons. The van der Waals surface area contributed by atoms with Crippen LogP contribution in [-0.2, 0) is 0 Å². The van der Waals surface area contributed by atoms with Crippen molar-refractivity contribution in [2.24, 2.45) is 5.92 Å². The van der Waals surface area contributed by atoms with Crippen molar-refractivity contribution in [1.29, 1.82) is 10.5 Å². The molecule has 1 atom stereocenters. The van der Waals surface area contributed by atoms with Crippen LogP contribution in [0.15, 0.2) is 48.5 Å². The van der Waals surface area contributed by atoms with E-state index in [9.17, 15) is 0 Å². The van der Waals surface area contributed by atoms with Gasteiger partial charge in [-0.05, 0) is 80.5 Å². The number of rotatable bonds is 9. The maximum atomic E-state index is 9.07. The summed E-state index contributed by atoms with van der Waals surface area (Å²) >= 11 is 0. The number of likely N-dealkylation sites (tertiary alicyclic amines) is 1. The van der Waals surface area contributed by atoms with Crippen molar-refractivity contribution >= 4 is 0 Å². The van der Waals surface area contributed by atoms with E-state index in [1.165, 1.54) is 19.3 Å². The normalized spacial score (nSPS) is 15.7. The van der Waals surface area contributed by atoms with E-state index in [1.807, 2.05) is 30.3 Å². The highest BCUT2D eigenvalue weighted by Crippen LogP contribution is 2.26. The molecule has 1 fully saturated rings. The number of benzene rings is 2. The SMILES string of the molecule is CCC(Oc1cccc(C#N)c1)N1CCC(CCCOc2ccc(C#N)cc2)CC1. The zero-order chi connectivity index (χ0) is 21.2. The van der Waals surface area contributed by atoms with Crippen molar-refractivity contribution in [3.05, 3.63) is 59.7 Å². The van der Waals surface area contributed by atoms with Gasteiger partial charge in [-0.25, -0.2) is 0 Å². The third kappa shape index (κ3) is 6.24. The first-order chi connectivity index (χ1) is 14.7. The lowest BCUT2D eigenvalue weighted by atomic mass is 9.92. The average Bonchev–Trinajstić information content (AvgIpc) is 2.81. The molecule has 2 aromatic rings. The summed E-state index contributed by atoms with van der Waals surface area (Å²) in [5, 5.41) is 17.9. The molecular weight excluding hydrogens is 374 g/mol. The lowest BCUT2D eigenvalue weighted by Gasteiger charge is -2.37. The van der Waals surface area contributed by atoms with Crippen LogP contribution in [0, 0.1) is 28.6 Å². The number of ether oxygens (including phenoxy) is 2. The van der Waals surface area contributed by atoms with Crippen LogP contribution in [0.25, 0.3) is 0 Å². The Bertz CT molecular complexity index is 875. The van der Waals surface area contributed by atoms with Crippen molar-refractivity contribution in [2.45, 2.75) is 45.3 Å². The number of piperidine rings is 1. The molecular formula is C25H29N3O2. The largest absolute Gasteiger partial charge is 0.494 e. The Kier molecular flexibility index (Phi) is 8.12. The smallest absolute Gasteiger partial charge is 0.152 e. The lowest BCUT2D eigenvalue weighted by molar-refractivity contribution is -0.00145. The van der Waals surface area contributed by atoms with E-state index in [2.05, 4.69) is 24.0 Å². The third-order valence-corrected chi connectivity index (χ3v) is 5.65. The molecule has 0 aliphatic carbocycles. The van der Waals surface area contributed by atoms with E-state index in [4.69, 9.17) is 20.0 Å². The summed E-state index contributed by atoms with van der Waals surface area (Å²) in [6.45, 7) is 4.93. The van der Waals surface area contributed by atoms with E-state index < -0.39 is 0 Å². The highest BCUT2D eigenvalue weighted by atomic mass is 16.5. The number of nitrogens with zero attached hydrogens (tertiary/aromatic N) is 3. The van der Waals surface area contributed by atoms with Crippen molar-refractivity contribution < 1.29 is 9.47 Å². The molecule has 1 heterocycles. The summed E-state index contributed by atoms with van der Waals surface area (Å²) in [4.78, 5) is 2.42. The Labute approximate surface area is 179 Å². The van der Waals surface area contributed by atoms with E-state index >= 15 is 0 Å². The minimum absolute atomic E-state index is 0.0552. The molecule has 0 N–H and O–H groups in total. The summed E-state index contributed by atoms with van der Waals surface area (Å²) in [5.74, 6) is 2.32. The Morgan fingerprint density at radius 2 is 1.73 bits per heavy atom. The van der Waals surface area contributed by atoms with Crippen molar-refractivity contribution in [2.75, 3.05) is 19.7 Å². The molecule has 30 heavy (non-hydrogen) atoms. The fourth-order valence-electron chi connectivity index (χ4n) is 3.93. The quantitative estimate of drug-likeness (QED) is 0.544. The van der Waals surface area contributed by atoms with Crippen LogP contribution in [0.5, 0.6) is 11.5 Å². The molecule has 5 heteroatoms. The van der Waals surface area contributed by atoms with Crippen LogP contribution in [0.4, 0.5) is 0 Å². The first kappa shape index (κ1) is 21.7. The highest BCUT2D eigenvalue weighted by molar-refractivity contribution is 5.36. The predicted octanol–water partition coefficient (Wildman–Crippen LogP) is 5.12. The molecule has 1 aliphatic heterocycles. The maximum absolute atomic E-state index is 9.07. The second-order valence-corrected chi connectivity index (χ2v) is 7.73. The Balaban J connectivity index is 1.38. The Hall–Kier alpha value is -3.02. The zero-order valence-corrected chi connectivity index (χ0v) is 17.6. The van der Waals surface area contributed by atoms with Gasteiger partial charge >= 0.3 is 0 Å². The molecule has 0 aromatic heterocycles. The van der Waals surface area contributed by atoms with Gasteiger partial charge in [-0.15, -0.1) is 0 Å². The minimum atomic E-state index is 0.0552. The van der Waals surface area contributed by atoms with Crippen molar-refractivity contribution in [3.63, 3.8) is 0 Å². The summed E-state index contributed by atoms with van der Waals surface area (Å²) in [7, 11) is 0. The molecule has 0 radical (unpaired) electrons. The van der Waals surface area contributed by atoms with E-state index in [1.54, 1.807) is 18.2 Å². The molecule has 5 nitrogen and oxygen atoms in total. The van der Waals surface area contributed by atoms with Crippen LogP contribution >= 0.6 is 0 Å². The van der Waals surface area contributed by atoms with Gasteiger partial charge in [0.05, 0.1) is 29.9 Å². The second-order valence-electron chi connectivity index (χ2n) is 7.73. The first-order valence-electron chi connectivity index (χ1n) is 10.8. The van der Waals surface area contributed by atoms with Gasteiger partial charge in [-0.1, -0.05) is 13.0 Å². The molecule has 2 aromatic carbocycles. The summed E-state index contributed by atoms with van der Waals surface area (Å²) in [6.07, 6.45) is 5.54. The van der Waals surface area contributed by atoms with Crippen LogP contribution in [0.3, 0.4) is 0 Å². The van der Waals surface area contributed by atoms with Crippen LogP contribution in [0.2, 0.25) is 0 Å². The molecule has 1 aliphatic rings. The van der Waals surface area contributed by atoms with E-state index in [0.717, 1.165) is 43.3 Å². The molecule has 0 bridgehead atoms. The predicted molar refractivity (Wildman–Crippen MR) is 116 cm³/mol. The van der Waals surface area contributed by atoms with Gasteiger partial charge in [0, 0.05) is 13.1 Å². The molecule has 0 amide bonds. The van der Waals surface area contributed by atoms with Gasteiger partial charge in [0.2, 0.25) is 0 Å². The summed E-state index contributed by atoms with van der Waals surface area (Å²) in [6, 6.07) is 19.0. The van der Waals surface area contributed by atoms with E-state index in [0.29, 0.717) is 17.7 Å². The topological polar surface area (TPSA) is 69.3 Å². The van der Waals surface area contributed by atoms with Crippen LogP contribution < -0.4 is 9.47 Å². The second kappa shape index (κ2) is 11.2. The van der Waals surface area contributed by atoms with Gasteiger partial charge < -0.3 is 9.47 Å². The fourth-order valence-corrected chi connectivity index (χ4v) is 3.93. The Morgan fingerprint density at radius 3 is 2.40 bits per heavy atom. The molecule has 1 saturated heterocycles. The third-order valence-electron chi connectivity index (χ3n) is 5.65. The van der Waals surface area contributed by atoms with E-state index in [-0.39, 0.29) is 6.23 Å². The van der Waals surface area contributed by atoms with Crippen LogP contribution in [0.1, 0.15) is 50.2 Å². The fraction of sp³-hybridized carbons (Fsp3) is 0.440. The van der Waals surface area contributed by atoms with Gasteiger partial charge in [-0.2, -0.15) is 10.5 Å². The average molecular weight is 404 g/mol. The number of hydrogen-bond donors (Lipinski definition) is 0.